The van der Waals surface area contributed by atoms with Gasteiger partial charge in [0.2, 0.25) is 0 Å². The normalized spacial score (nSPS) is 15.0. The Morgan fingerprint density at radius 1 is 1.10 bits per heavy atom. The molecule has 0 N–H and O–H groups in total. The Kier molecular flexibility index (Phi) is 7.71. The van der Waals surface area contributed by atoms with Crippen molar-refractivity contribution in [2.75, 3.05) is 19.8 Å². The van der Waals surface area contributed by atoms with Crippen molar-refractivity contribution in [3.63, 3.8) is 0 Å². The van der Waals surface area contributed by atoms with Gasteiger partial charge in [0.25, 0.3) is 5.91 Å². The number of nitrogens with zero attached hydrogens (tertiary/aromatic N) is 1. The topological polar surface area (TPSA) is 38.8 Å². The molecule has 1 amide bonds. The summed E-state index contributed by atoms with van der Waals surface area (Å²) in [6.45, 7) is 9.31. The minimum Gasteiger partial charge on any atom is -0.493 e. The van der Waals surface area contributed by atoms with Gasteiger partial charge >= 0.3 is 0 Å². The molecule has 1 fully saturated rings. The zero-order valence-corrected chi connectivity index (χ0v) is 18.9. The van der Waals surface area contributed by atoms with Crippen LogP contribution in [0.25, 0.3) is 6.08 Å². The standard InChI is InChI=1S/C24H25NO3S2/c1-4-10-25-23(26)22(30-24(25)29)16-19-8-5-6-9-21(19)28-12-7-11-27-20-14-17(2)13-18(3)15-20/h4-6,8-9,13-16H,1,7,10-12H2,2-3H3. The Labute approximate surface area is 187 Å². The van der Waals surface area contributed by atoms with E-state index >= 15 is 0 Å². The van der Waals surface area contributed by atoms with E-state index in [4.69, 9.17) is 21.7 Å². The van der Waals surface area contributed by atoms with Crippen LogP contribution in [0.4, 0.5) is 0 Å². The largest absolute Gasteiger partial charge is 0.493 e. The molecule has 0 bridgehead atoms. The third kappa shape index (κ3) is 5.74. The summed E-state index contributed by atoms with van der Waals surface area (Å²) >= 11 is 6.60. The third-order valence-corrected chi connectivity index (χ3v) is 5.78. The minimum atomic E-state index is -0.0958. The molecule has 0 aromatic heterocycles. The summed E-state index contributed by atoms with van der Waals surface area (Å²) in [5.41, 5.74) is 3.23. The van der Waals surface area contributed by atoms with Crippen LogP contribution < -0.4 is 9.47 Å². The summed E-state index contributed by atoms with van der Waals surface area (Å²) in [7, 11) is 0. The Morgan fingerprint density at radius 3 is 2.53 bits per heavy atom. The van der Waals surface area contributed by atoms with E-state index < -0.39 is 0 Å². The molecule has 0 radical (unpaired) electrons. The molecule has 6 heteroatoms. The van der Waals surface area contributed by atoms with Gasteiger partial charge in [0, 0.05) is 18.5 Å². The van der Waals surface area contributed by atoms with Crippen LogP contribution in [0.1, 0.15) is 23.1 Å². The third-order valence-electron chi connectivity index (χ3n) is 4.40. The molecule has 1 heterocycles. The lowest BCUT2D eigenvalue weighted by atomic mass is 10.1. The lowest BCUT2D eigenvalue weighted by Crippen LogP contribution is -2.27. The van der Waals surface area contributed by atoms with Crippen molar-refractivity contribution < 1.29 is 14.3 Å². The molecule has 1 aliphatic heterocycles. The van der Waals surface area contributed by atoms with Gasteiger partial charge in [-0.2, -0.15) is 0 Å². The molecule has 156 valence electrons. The molecular formula is C24H25NO3S2. The Bertz CT molecular complexity index is 964. The second kappa shape index (κ2) is 10.5. The second-order valence-electron chi connectivity index (χ2n) is 6.99. The zero-order valence-electron chi connectivity index (χ0n) is 17.2. The van der Waals surface area contributed by atoms with Crippen molar-refractivity contribution >= 4 is 40.3 Å². The van der Waals surface area contributed by atoms with E-state index in [9.17, 15) is 4.79 Å². The van der Waals surface area contributed by atoms with Crippen LogP contribution in [0, 0.1) is 13.8 Å². The van der Waals surface area contributed by atoms with Gasteiger partial charge in [-0.05, 0) is 49.2 Å². The molecule has 3 rings (SSSR count). The van der Waals surface area contributed by atoms with Crippen LogP contribution in [0.3, 0.4) is 0 Å². The van der Waals surface area contributed by atoms with Gasteiger partial charge < -0.3 is 9.47 Å². The number of hydrogen-bond acceptors (Lipinski definition) is 5. The van der Waals surface area contributed by atoms with E-state index in [2.05, 4.69) is 26.5 Å². The average Bonchev–Trinajstić information content (AvgIpc) is 2.96. The first-order valence-corrected chi connectivity index (χ1v) is 11.0. The van der Waals surface area contributed by atoms with Crippen molar-refractivity contribution in [1.29, 1.82) is 0 Å². The fourth-order valence-corrected chi connectivity index (χ4v) is 4.37. The number of hydrogen-bond donors (Lipinski definition) is 0. The van der Waals surface area contributed by atoms with E-state index in [1.807, 2.05) is 42.5 Å². The van der Waals surface area contributed by atoms with Gasteiger partial charge in [0.1, 0.15) is 15.8 Å². The fourth-order valence-electron chi connectivity index (χ4n) is 3.11. The number of carbonyl (C=O) groups is 1. The maximum atomic E-state index is 12.5. The second-order valence-corrected chi connectivity index (χ2v) is 8.67. The first-order chi connectivity index (χ1) is 14.5. The van der Waals surface area contributed by atoms with Crippen molar-refractivity contribution in [3.8, 4) is 11.5 Å². The number of aryl methyl sites for hydroxylation is 2. The van der Waals surface area contributed by atoms with E-state index in [1.165, 1.54) is 22.9 Å². The molecule has 1 aliphatic rings. The SMILES string of the molecule is C=CCN1C(=O)C(=Cc2ccccc2OCCCOc2cc(C)cc(C)c2)SC1=S. The first-order valence-electron chi connectivity index (χ1n) is 9.77. The van der Waals surface area contributed by atoms with E-state index in [0.29, 0.717) is 29.0 Å². The first kappa shape index (κ1) is 22.1. The summed E-state index contributed by atoms with van der Waals surface area (Å²) in [5.74, 6) is 1.52. The number of ether oxygens (including phenoxy) is 2. The van der Waals surface area contributed by atoms with Crippen molar-refractivity contribution in [3.05, 3.63) is 76.7 Å². The van der Waals surface area contributed by atoms with Crippen LogP contribution >= 0.6 is 24.0 Å². The molecule has 0 atom stereocenters. The van der Waals surface area contributed by atoms with Gasteiger partial charge in [0.05, 0.1) is 18.1 Å². The number of amides is 1. The highest BCUT2D eigenvalue weighted by Crippen LogP contribution is 2.34. The van der Waals surface area contributed by atoms with Gasteiger partial charge in [-0.3, -0.25) is 9.69 Å². The van der Waals surface area contributed by atoms with Crippen molar-refractivity contribution in [2.45, 2.75) is 20.3 Å². The smallest absolute Gasteiger partial charge is 0.266 e. The maximum absolute atomic E-state index is 12.5. The molecular weight excluding hydrogens is 414 g/mol. The lowest BCUT2D eigenvalue weighted by Gasteiger charge is -2.11. The van der Waals surface area contributed by atoms with Crippen LogP contribution in [0.5, 0.6) is 11.5 Å². The average molecular weight is 440 g/mol. The highest BCUT2D eigenvalue weighted by molar-refractivity contribution is 8.26. The molecule has 2 aromatic carbocycles. The monoisotopic (exact) mass is 439 g/mol. The summed E-state index contributed by atoms with van der Waals surface area (Å²) in [4.78, 5) is 14.7. The van der Waals surface area contributed by atoms with Gasteiger partial charge in [-0.15, -0.1) is 6.58 Å². The van der Waals surface area contributed by atoms with E-state index in [1.54, 1.807) is 11.0 Å². The molecule has 0 spiro atoms. The van der Waals surface area contributed by atoms with Crippen molar-refractivity contribution in [2.24, 2.45) is 0 Å². The van der Waals surface area contributed by atoms with Crippen LogP contribution in [-0.4, -0.2) is 34.9 Å². The molecule has 0 aliphatic carbocycles. The van der Waals surface area contributed by atoms with Crippen LogP contribution in [0.15, 0.2) is 60.0 Å². The van der Waals surface area contributed by atoms with Gasteiger partial charge in [-0.25, -0.2) is 0 Å². The van der Waals surface area contributed by atoms with Crippen LogP contribution in [-0.2, 0) is 4.79 Å². The number of carbonyl (C=O) groups excluding carboxylic acids is 1. The highest BCUT2D eigenvalue weighted by atomic mass is 32.2. The number of benzene rings is 2. The lowest BCUT2D eigenvalue weighted by molar-refractivity contribution is -0.121. The summed E-state index contributed by atoms with van der Waals surface area (Å²) in [5, 5.41) is 0. The summed E-state index contributed by atoms with van der Waals surface area (Å²) in [6, 6.07) is 13.9. The molecule has 2 aromatic rings. The van der Waals surface area contributed by atoms with Gasteiger partial charge in [0.15, 0.2) is 0 Å². The Balaban J connectivity index is 1.57. The quantitative estimate of drug-likeness (QED) is 0.222. The molecule has 0 unspecified atom stereocenters. The maximum Gasteiger partial charge on any atom is 0.266 e. The Morgan fingerprint density at radius 2 is 1.80 bits per heavy atom. The number of rotatable bonds is 9. The Hall–Kier alpha value is -2.57. The molecule has 4 nitrogen and oxygen atoms in total. The summed E-state index contributed by atoms with van der Waals surface area (Å²) in [6.07, 6.45) is 4.26. The zero-order chi connectivity index (χ0) is 21.5. The van der Waals surface area contributed by atoms with E-state index in [0.717, 1.165) is 23.5 Å². The molecule has 1 saturated heterocycles. The predicted octanol–water partition coefficient (Wildman–Crippen LogP) is 5.54. The minimum absolute atomic E-state index is 0.0958. The molecule has 0 saturated carbocycles. The fraction of sp³-hybridized carbons (Fsp3) is 0.250. The molecule has 30 heavy (non-hydrogen) atoms. The van der Waals surface area contributed by atoms with E-state index in [-0.39, 0.29) is 5.91 Å². The summed E-state index contributed by atoms with van der Waals surface area (Å²) < 4.78 is 12.3. The van der Waals surface area contributed by atoms with Crippen molar-refractivity contribution in [1.82, 2.24) is 4.90 Å². The number of thioether (sulfide) groups is 1. The number of para-hydroxylation sites is 1. The van der Waals surface area contributed by atoms with Crippen LogP contribution in [0.2, 0.25) is 0 Å². The predicted molar refractivity (Wildman–Crippen MR) is 128 cm³/mol. The van der Waals surface area contributed by atoms with Gasteiger partial charge in [-0.1, -0.05) is 54.3 Å². The number of thiocarbonyl (C=S) groups is 1. The highest BCUT2D eigenvalue weighted by Gasteiger charge is 2.31.